The maximum atomic E-state index is 13.2. The maximum absolute atomic E-state index is 13.2. The molecule has 34 heavy (non-hydrogen) atoms. The van der Waals surface area contributed by atoms with E-state index in [1.165, 1.54) is 32.1 Å². The second kappa shape index (κ2) is 14.5. The molecule has 2 aromatic carbocycles. The van der Waals surface area contributed by atoms with Crippen molar-refractivity contribution in [2.45, 2.75) is 57.9 Å². The van der Waals surface area contributed by atoms with Crippen LogP contribution in [-0.2, 0) is 4.79 Å². The summed E-state index contributed by atoms with van der Waals surface area (Å²) >= 11 is 1.57. The Morgan fingerprint density at radius 3 is 2.56 bits per heavy atom. The molecule has 1 atom stereocenters. The molecule has 1 saturated carbocycles. The summed E-state index contributed by atoms with van der Waals surface area (Å²) in [5, 5.41) is 12.3. The van der Waals surface area contributed by atoms with E-state index in [0.717, 1.165) is 34.6 Å². The SMILES string of the molecule is CSCCC(NC(=O)c1ccc(C=CCC2CCCCC2)cc1-c1ccccc1C)C(=O)O.[H-].[Li+]. The molecule has 6 heteroatoms. The predicted molar refractivity (Wildman–Crippen MR) is 140 cm³/mol. The molecule has 1 aliphatic carbocycles. The van der Waals surface area contributed by atoms with Gasteiger partial charge in [0.15, 0.2) is 0 Å². The molecule has 1 amide bonds. The van der Waals surface area contributed by atoms with Crippen LogP contribution in [0.1, 0.15) is 67.9 Å². The molecular formula is C28H36LiNO3S. The van der Waals surface area contributed by atoms with Crippen molar-refractivity contribution in [2.75, 3.05) is 12.0 Å². The molecule has 0 heterocycles. The van der Waals surface area contributed by atoms with Crippen molar-refractivity contribution in [3.8, 4) is 11.1 Å². The Morgan fingerprint density at radius 2 is 1.88 bits per heavy atom. The van der Waals surface area contributed by atoms with Crippen LogP contribution in [0.5, 0.6) is 0 Å². The van der Waals surface area contributed by atoms with E-state index in [9.17, 15) is 14.7 Å². The fourth-order valence-corrected chi connectivity index (χ4v) is 4.98. The summed E-state index contributed by atoms with van der Waals surface area (Å²) in [5.41, 5.74) is 4.45. The van der Waals surface area contributed by atoms with Gasteiger partial charge in [0.05, 0.1) is 0 Å². The third-order valence-electron chi connectivity index (χ3n) is 6.44. The van der Waals surface area contributed by atoms with Gasteiger partial charge in [-0.2, -0.15) is 11.8 Å². The van der Waals surface area contributed by atoms with E-state index in [-0.39, 0.29) is 26.2 Å². The molecule has 0 aliphatic heterocycles. The van der Waals surface area contributed by atoms with Crippen LogP contribution in [0.3, 0.4) is 0 Å². The molecule has 3 rings (SSSR count). The molecule has 2 N–H and O–H groups in total. The minimum Gasteiger partial charge on any atom is -1.00 e. The summed E-state index contributed by atoms with van der Waals surface area (Å²) in [6.07, 6.45) is 14.5. The molecule has 0 bridgehead atoms. The van der Waals surface area contributed by atoms with Crippen LogP contribution >= 0.6 is 11.8 Å². The number of allylic oxidation sites excluding steroid dienone is 1. The van der Waals surface area contributed by atoms with Crippen LogP contribution in [-0.4, -0.2) is 35.0 Å². The summed E-state index contributed by atoms with van der Waals surface area (Å²) in [6.45, 7) is 2.03. The number of nitrogens with one attached hydrogen (secondary N) is 1. The fourth-order valence-electron chi connectivity index (χ4n) is 4.51. The van der Waals surface area contributed by atoms with E-state index in [2.05, 4.69) is 17.5 Å². The van der Waals surface area contributed by atoms with Crippen molar-refractivity contribution in [3.63, 3.8) is 0 Å². The zero-order valence-electron chi connectivity index (χ0n) is 21.7. The van der Waals surface area contributed by atoms with E-state index in [1.807, 2.05) is 55.6 Å². The van der Waals surface area contributed by atoms with Crippen molar-refractivity contribution in [3.05, 3.63) is 65.2 Å². The normalized spacial score (nSPS) is 15.0. The van der Waals surface area contributed by atoms with Gasteiger partial charge in [0.1, 0.15) is 6.04 Å². The largest absolute Gasteiger partial charge is 1.00 e. The van der Waals surface area contributed by atoms with Gasteiger partial charge < -0.3 is 11.8 Å². The number of carbonyl (C=O) groups excluding carboxylic acids is 1. The fraction of sp³-hybridized carbons (Fsp3) is 0.429. The van der Waals surface area contributed by atoms with Gasteiger partial charge in [-0.1, -0.05) is 74.6 Å². The van der Waals surface area contributed by atoms with E-state index < -0.39 is 12.0 Å². The number of hydrogen-bond donors (Lipinski definition) is 2. The average Bonchev–Trinajstić information content (AvgIpc) is 2.82. The quantitative estimate of drug-likeness (QED) is 0.517. The Kier molecular flexibility index (Phi) is 12.0. The third kappa shape index (κ3) is 8.08. The first-order valence-electron chi connectivity index (χ1n) is 11.9. The number of hydrogen-bond acceptors (Lipinski definition) is 3. The Balaban J connectivity index is 0.00000306. The smallest absolute Gasteiger partial charge is 1.00 e. The van der Waals surface area contributed by atoms with Gasteiger partial charge in [-0.15, -0.1) is 0 Å². The molecule has 0 saturated heterocycles. The van der Waals surface area contributed by atoms with Crippen molar-refractivity contribution < 1.29 is 35.0 Å². The Labute approximate surface area is 221 Å². The first-order chi connectivity index (χ1) is 16.0. The Hall–Kier alpha value is -1.93. The minimum atomic E-state index is -1.00. The van der Waals surface area contributed by atoms with Gasteiger partial charge in [0, 0.05) is 5.56 Å². The Bertz CT molecular complexity index is 992. The van der Waals surface area contributed by atoms with Crippen LogP contribution in [0.4, 0.5) is 0 Å². The molecule has 178 valence electrons. The van der Waals surface area contributed by atoms with Gasteiger partial charge in [0.2, 0.25) is 0 Å². The second-order valence-corrected chi connectivity index (χ2v) is 9.89. The first-order valence-corrected chi connectivity index (χ1v) is 13.3. The summed E-state index contributed by atoms with van der Waals surface area (Å²) in [7, 11) is 0. The number of aliphatic carboxylic acids is 1. The maximum Gasteiger partial charge on any atom is 1.00 e. The molecule has 4 nitrogen and oxygen atoms in total. The standard InChI is InChI=1S/C28H35NO3S.Li.H/c1-20-9-6-7-14-23(20)25-19-22(13-8-12-21-10-4-3-5-11-21)15-16-24(25)27(30)29-26(28(31)32)17-18-33-2;;/h6-9,13-16,19,21,26H,3-5,10-12,17-18H2,1-2H3,(H,29,30)(H,31,32);;/q;+1;-1. The van der Waals surface area contributed by atoms with Crippen LogP contribution in [0.25, 0.3) is 17.2 Å². The number of rotatable bonds is 10. The topological polar surface area (TPSA) is 66.4 Å². The second-order valence-electron chi connectivity index (χ2n) is 8.91. The van der Waals surface area contributed by atoms with Crippen molar-refractivity contribution in [1.82, 2.24) is 5.32 Å². The zero-order valence-corrected chi connectivity index (χ0v) is 21.5. The summed E-state index contributed by atoms with van der Waals surface area (Å²) in [6, 6.07) is 12.9. The van der Waals surface area contributed by atoms with Crippen LogP contribution < -0.4 is 24.2 Å². The molecular weight excluding hydrogens is 437 g/mol. The van der Waals surface area contributed by atoms with Crippen molar-refractivity contribution >= 4 is 29.7 Å². The van der Waals surface area contributed by atoms with Crippen LogP contribution in [0.15, 0.2) is 48.5 Å². The average molecular weight is 474 g/mol. The molecule has 1 aliphatic rings. The van der Waals surface area contributed by atoms with Gasteiger partial charge in [-0.05, 0) is 72.1 Å². The van der Waals surface area contributed by atoms with E-state index in [0.29, 0.717) is 17.7 Å². The number of carbonyl (C=O) groups is 2. The first kappa shape index (κ1) is 28.3. The van der Waals surface area contributed by atoms with Crippen LogP contribution in [0.2, 0.25) is 0 Å². The molecule has 0 radical (unpaired) electrons. The number of carboxylic acids is 1. The molecule has 0 spiro atoms. The zero-order chi connectivity index (χ0) is 23.6. The molecule has 1 unspecified atom stereocenters. The van der Waals surface area contributed by atoms with Gasteiger partial charge in [0.25, 0.3) is 5.91 Å². The monoisotopic (exact) mass is 473 g/mol. The number of aryl methyl sites for hydroxylation is 1. The Morgan fingerprint density at radius 1 is 1.15 bits per heavy atom. The van der Waals surface area contributed by atoms with Crippen molar-refractivity contribution in [1.29, 1.82) is 0 Å². The van der Waals surface area contributed by atoms with E-state index in [1.54, 1.807) is 11.8 Å². The molecule has 2 aromatic rings. The third-order valence-corrected chi connectivity index (χ3v) is 7.09. The summed E-state index contributed by atoms with van der Waals surface area (Å²) in [5.74, 6) is 0.105. The predicted octanol–water partition coefficient (Wildman–Crippen LogP) is 3.70. The van der Waals surface area contributed by atoms with Crippen LogP contribution in [0, 0.1) is 12.8 Å². The molecule has 1 fully saturated rings. The number of thioether (sulfide) groups is 1. The van der Waals surface area contributed by atoms with E-state index in [4.69, 9.17) is 0 Å². The number of benzene rings is 2. The van der Waals surface area contributed by atoms with Crippen molar-refractivity contribution in [2.24, 2.45) is 5.92 Å². The molecule has 0 aromatic heterocycles. The van der Waals surface area contributed by atoms with Gasteiger partial charge in [-0.25, -0.2) is 4.79 Å². The minimum absolute atomic E-state index is 0. The van der Waals surface area contributed by atoms with E-state index >= 15 is 0 Å². The summed E-state index contributed by atoms with van der Waals surface area (Å²) in [4.78, 5) is 24.8. The number of amides is 1. The van der Waals surface area contributed by atoms with Gasteiger partial charge >= 0.3 is 24.8 Å². The van der Waals surface area contributed by atoms with Gasteiger partial charge in [-0.3, -0.25) is 4.79 Å². The number of carboxylic acid groups (broad SMARTS) is 1. The summed E-state index contributed by atoms with van der Waals surface area (Å²) < 4.78 is 0.